The van der Waals surface area contributed by atoms with Crippen LogP contribution in [-0.2, 0) is 11.2 Å². The third-order valence-corrected chi connectivity index (χ3v) is 5.28. The van der Waals surface area contributed by atoms with Gasteiger partial charge in [-0.25, -0.2) is 4.79 Å². The van der Waals surface area contributed by atoms with Crippen LogP contribution in [0.25, 0.3) is 0 Å². The number of amides is 2. The first-order valence-corrected chi connectivity index (χ1v) is 11.4. The average Bonchev–Trinajstić information content (AvgIpc) is 3.19. The molecule has 0 spiro atoms. The van der Waals surface area contributed by atoms with Gasteiger partial charge in [-0.2, -0.15) is 0 Å². The van der Waals surface area contributed by atoms with Crippen molar-refractivity contribution >= 4 is 12.0 Å². The number of nitrogens with zero attached hydrogens (tertiary/aromatic N) is 1. The number of unbranched alkanes of at least 4 members (excludes halogenated alkanes) is 1. The van der Waals surface area contributed by atoms with Gasteiger partial charge >= 0.3 is 6.09 Å². The number of hydrogen-bond acceptors (Lipinski definition) is 5. The average molecular weight is 455 g/mol. The standard InChI is InChI=1S/C26H34N2O5/c1-26(2,3)33-25(30)28(18-22-17-20-9-5-6-10-23(20)32-22)16-8-7-15-27-24(29)19-11-13-21(31-4)14-12-19/h5-6,9-14,22H,7-8,15-18H2,1-4H3,(H,27,29). The minimum absolute atomic E-state index is 0.0929. The van der Waals surface area contributed by atoms with Crippen molar-refractivity contribution in [2.45, 2.75) is 51.7 Å². The van der Waals surface area contributed by atoms with Gasteiger partial charge in [-0.15, -0.1) is 0 Å². The molecule has 33 heavy (non-hydrogen) atoms. The lowest BCUT2D eigenvalue weighted by Crippen LogP contribution is -2.43. The van der Waals surface area contributed by atoms with Crippen molar-refractivity contribution in [3.63, 3.8) is 0 Å². The smallest absolute Gasteiger partial charge is 0.410 e. The third kappa shape index (κ3) is 7.41. The van der Waals surface area contributed by atoms with Crippen LogP contribution in [0.2, 0.25) is 0 Å². The molecule has 3 rings (SSSR count). The maximum Gasteiger partial charge on any atom is 0.410 e. The Labute approximate surface area is 196 Å². The van der Waals surface area contributed by atoms with Gasteiger partial charge in [0.15, 0.2) is 0 Å². The van der Waals surface area contributed by atoms with Crippen LogP contribution in [0.4, 0.5) is 4.79 Å². The van der Waals surface area contributed by atoms with E-state index in [1.807, 2.05) is 39.0 Å². The number of carbonyl (C=O) groups is 2. The first kappa shape index (κ1) is 24.4. The number of nitrogens with one attached hydrogen (secondary N) is 1. The Morgan fingerprint density at radius 2 is 1.82 bits per heavy atom. The highest BCUT2D eigenvalue weighted by atomic mass is 16.6. The Morgan fingerprint density at radius 1 is 1.09 bits per heavy atom. The van der Waals surface area contributed by atoms with E-state index in [4.69, 9.17) is 14.2 Å². The summed E-state index contributed by atoms with van der Waals surface area (Å²) in [7, 11) is 1.59. The number of para-hydroxylation sites is 1. The molecule has 1 N–H and O–H groups in total. The lowest BCUT2D eigenvalue weighted by atomic mass is 10.1. The number of hydrogen-bond donors (Lipinski definition) is 1. The van der Waals surface area contributed by atoms with Gasteiger partial charge in [0, 0.05) is 25.1 Å². The SMILES string of the molecule is COc1ccc(C(=O)NCCCCN(CC2Cc3ccccc3O2)C(=O)OC(C)(C)C)cc1. The maximum atomic E-state index is 12.8. The molecule has 7 nitrogen and oxygen atoms in total. The van der Waals surface area contributed by atoms with Gasteiger partial charge in [0.05, 0.1) is 13.7 Å². The third-order valence-electron chi connectivity index (χ3n) is 5.28. The second-order valence-corrected chi connectivity index (χ2v) is 9.17. The summed E-state index contributed by atoms with van der Waals surface area (Å²) in [5.74, 6) is 1.47. The zero-order valence-corrected chi connectivity index (χ0v) is 19.9. The van der Waals surface area contributed by atoms with Gasteiger partial charge in [0.25, 0.3) is 5.91 Å². The minimum atomic E-state index is -0.568. The van der Waals surface area contributed by atoms with E-state index >= 15 is 0 Å². The van der Waals surface area contributed by atoms with Crippen LogP contribution >= 0.6 is 0 Å². The predicted octanol–water partition coefficient (Wildman–Crippen LogP) is 4.45. The van der Waals surface area contributed by atoms with Crippen molar-refractivity contribution in [2.24, 2.45) is 0 Å². The lowest BCUT2D eigenvalue weighted by molar-refractivity contribution is 0.0179. The first-order chi connectivity index (χ1) is 15.7. The van der Waals surface area contributed by atoms with E-state index < -0.39 is 5.60 Å². The van der Waals surface area contributed by atoms with Crippen LogP contribution in [0.15, 0.2) is 48.5 Å². The molecule has 2 aromatic rings. The van der Waals surface area contributed by atoms with Crippen LogP contribution in [0.1, 0.15) is 49.5 Å². The molecule has 1 heterocycles. The predicted molar refractivity (Wildman–Crippen MR) is 127 cm³/mol. The van der Waals surface area contributed by atoms with E-state index in [2.05, 4.69) is 11.4 Å². The van der Waals surface area contributed by atoms with Crippen LogP contribution in [-0.4, -0.2) is 55.3 Å². The molecule has 0 saturated carbocycles. The van der Waals surface area contributed by atoms with Gasteiger partial charge in [-0.05, 0) is 69.5 Å². The Kier molecular flexibility index (Phi) is 8.20. The van der Waals surface area contributed by atoms with Crippen LogP contribution in [0, 0.1) is 0 Å². The van der Waals surface area contributed by atoms with Crippen LogP contribution < -0.4 is 14.8 Å². The normalized spacial score (nSPS) is 14.7. The molecule has 1 aliphatic heterocycles. The molecule has 1 unspecified atom stereocenters. The lowest BCUT2D eigenvalue weighted by Gasteiger charge is -2.29. The zero-order chi connectivity index (χ0) is 23.8. The topological polar surface area (TPSA) is 77.1 Å². The highest BCUT2D eigenvalue weighted by Crippen LogP contribution is 2.28. The van der Waals surface area contributed by atoms with E-state index in [-0.39, 0.29) is 18.1 Å². The monoisotopic (exact) mass is 454 g/mol. The fourth-order valence-electron chi connectivity index (χ4n) is 3.66. The molecule has 7 heteroatoms. The van der Waals surface area contributed by atoms with E-state index in [0.29, 0.717) is 30.9 Å². The van der Waals surface area contributed by atoms with Crippen molar-refractivity contribution in [1.82, 2.24) is 10.2 Å². The zero-order valence-electron chi connectivity index (χ0n) is 19.9. The van der Waals surface area contributed by atoms with Crippen LogP contribution in [0.3, 0.4) is 0 Å². The van der Waals surface area contributed by atoms with Gasteiger partial charge in [-0.3, -0.25) is 4.79 Å². The molecule has 2 aromatic carbocycles. The molecule has 0 radical (unpaired) electrons. The molecular formula is C26H34N2O5. The summed E-state index contributed by atoms with van der Waals surface area (Å²) < 4.78 is 16.8. The summed E-state index contributed by atoms with van der Waals surface area (Å²) in [6.07, 6.45) is 1.82. The number of carbonyl (C=O) groups excluding carboxylic acids is 2. The quantitative estimate of drug-likeness (QED) is 0.567. The van der Waals surface area contributed by atoms with E-state index in [1.54, 1.807) is 36.3 Å². The molecule has 1 aliphatic rings. The fraction of sp³-hybridized carbons (Fsp3) is 0.462. The van der Waals surface area contributed by atoms with Crippen LogP contribution in [0.5, 0.6) is 11.5 Å². The molecule has 2 amide bonds. The molecule has 0 fully saturated rings. The van der Waals surface area contributed by atoms with Gasteiger partial charge in [0.1, 0.15) is 23.2 Å². The van der Waals surface area contributed by atoms with E-state index in [9.17, 15) is 9.59 Å². The number of benzene rings is 2. The maximum absolute atomic E-state index is 12.8. The molecule has 0 saturated heterocycles. The molecule has 1 atom stereocenters. The van der Waals surface area contributed by atoms with Gasteiger partial charge in [-0.1, -0.05) is 18.2 Å². The largest absolute Gasteiger partial charge is 0.497 e. The number of rotatable bonds is 9. The van der Waals surface area contributed by atoms with Gasteiger partial charge < -0.3 is 24.4 Å². The molecule has 0 aromatic heterocycles. The van der Waals surface area contributed by atoms with E-state index in [1.165, 1.54) is 0 Å². The number of ether oxygens (including phenoxy) is 3. The summed E-state index contributed by atoms with van der Waals surface area (Å²) >= 11 is 0. The second-order valence-electron chi connectivity index (χ2n) is 9.17. The highest BCUT2D eigenvalue weighted by molar-refractivity contribution is 5.94. The summed E-state index contributed by atoms with van der Waals surface area (Å²) in [6.45, 7) is 7.10. The van der Waals surface area contributed by atoms with Crippen molar-refractivity contribution in [3.05, 3.63) is 59.7 Å². The Morgan fingerprint density at radius 3 is 2.48 bits per heavy atom. The van der Waals surface area contributed by atoms with Crippen molar-refractivity contribution in [1.29, 1.82) is 0 Å². The van der Waals surface area contributed by atoms with Crippen molar-refractivity contribution in [2.75, 3.05) is 26.7 Å². The molecule has 178 valence electrons. The van der Waals surface area contributed by atoms with Gasteiger partial charge in [0.2, 0.25) is 0 Å². The minimum Gasteiger partial charge on any atom is -0.497 e. The summed E-state index contributed by atoms with van der Waals surface area (Å²) in [4.78, 5) is 26.8. The highest BCUT2D eigenvalue weighted by Gasteiger charge is 2.29. The van der Waals surface area contributed by atoms with Crippen molar-refractivity contribution < 1.29 is 23.8 Å². The Bertz CT molecular complexity index is 911. The second kappa shape index (κ2) is 11.1. The number of methoxy groups -OCH3 is 1. The Balaban J connectivity index is 1.47. The van der Waals surface area contributed by atoms with E-state index in [0.717, 1.165) is 30.6 Å². The fourth-order valence-corrected chi connectivity index (χ4v) is 3.66. The number of fused-ring (bicyclic) bond motifs is 1. The summed E-state index contributed by atoms with van der Waals surface area (Å²) in [5, 5.41) is 2.92. The first-order valence-electron chi connectivity index (χ1n) is 11.4. The summed E-state index contributed by atoms with van der Waals surface area (Å²) in [5.41, 5.74) is 1.18. The van der Waals surface area contributed by atoms with Crippen molar-refractivity contribution in [3.8, 4) is 11.5 Å². The molecular weight excluding hydrogens is 420 g/mol. The molecule has 0 aliphatic carbocycles. The summed E-state index contributed by atoms with van der Waals surface area (Å²) in [6, 6.07) is 14.9. The molecule has 0 bridgehead atoms. The Hall–Kier alpha value is -3.22.